The fraction of sp³-hybridized carbons (Fsp3) is 0.233. The molecule has 0 fully saturated rings. The van der Waals surface area contributed by atoms with E-state index in [1.54, 1.807) is 43.5 Å². The van der Waals surface area contributed by atoms with Crippen LogP contribution in [0.15, 0.2) is 70.8 Å². The van der Waals surface area contributed by atoms with Gasteiger partial charge in [-0.25, -0.2) is 32.2 Å². The lowest BCUT2D eigenvalue weighted by Crippen LogP contribution is -2.20. The molecule has 224 valence electrons. The second kappa shape index (κ2) is 13.4. The molecule has 0 aliphatic heterocycles. The molecule has 0 saturated carbocycles. The molecular weight excluding hydrogens is 662 g/mol. The Morgan fingerprint density at radius 2 is 1.88 bits per heavy atom. The highest BCUT2D eigenvalue weighted by atomic mass is 79.9. The van der Waals surface area contributed by atoms with E-state index in [2.05, 4.69) is 36.2 Å². The topological polar surface area (TPSA) is 103 Å². The third-order valence-electron chi connectivity index (χ3n) is 6.49. The van der Waals surface area contributed by atoms with Crippen molar-refractivity contribution in [3.63, 3.8) is 0 Å². The van der Waals surface area contributed by atoms with Crippen LogP contribution in [0.4, 0.5) is 20.3 Å². The molecule has 43 heavy (non-hydrogen) atoms. The van der Waals surface area contributed by atoms with Gasteiger partial charge in [-0.2, -0.15) is 0 Å². The summed E-state index contributed by atoms with van der Waals surface area (Å²) in [5, 5.41) is 5.71. The van der Waals surface area contributed by atoms with Gasteiger partial charge in [-0.1, -0.05) is 12.1 Å². The Balaban J connectivity index is 1.30. The predicted molar refractivity (Wildman–Crippen MR) is 167 cm³/mol. The second-order valence-corrected chi connectivity index (χ2v) is 14.3. The molecule has 0 bridgehead atoms. The van der Waals surface area contributed by atoms with Gasteiger partial charge in [0.1, 0.15) is 41.1 Å². The maximum atomic E-state index is 15.1. The molecule has 13 heteroatoms. The Morgan fingerprint density at radius 1 is 1.05 bits per heavy atom. The number of ether oxygens (including phenoxy) is 2. The zero-order valence-corrected chi connectivity index (χ0v) is 26.4. The van der Waals surface area contributed by atoms with Crippen LogP contribution in [-0.4, -0.2) is 41.0 Å². The predicted octanol–water partition coefficient (Wildman–Crippen LogP) is 7.46. The number of rotatable bonds is 12. The van der Waals surface area contributed by atoms with Gasteiger partial charge in [0.15, 0.2) is 9.84 Å². The summed E-state index contributed by atoms with van der Waals surface area (Å²) in [6, 6.07) is 14.6. The van der Waals surface area contributed by atoms with Crippen LogP contribution in [0, 0.1) is 11.6 Å². The van der Waals surface area contributed by atoms with E-state index in [0.29, 0.717) is 48.9 Å². The third kappa shape index (κ3) is 7.71. The molecule has 0 saturated heterocycles. The first-order valence-corrected chi connectivity index (χ1v) is 16.6. The van der Waals surface area contributed by atoms with E-state index < -0.39 is 20.9 Å². The van der Waals surface area contributed by atoms with Crippen LogP contribution in [0.3, 0.4) is 0 Å². The number of hydrogen-bond donors (Lipinski definition) is 1. The van der Waals surface area contributed by atoms with Gasteiger partial charge in [0.25, 0.3) is 0 Å². The number of nitrogens with one attached hydrogen (secondary N) is 1. The average Bonchev–Trinajstić information content (AvgIpc) is 3.43. The highest BCUT2D eigenvalue weighted by molar-refractivity contribution is 9.10. The molecule has 0 unspecified atom stereocenters. The summed E-state index contributed by atoms with van der Waals surface area (Å²) in [4.78, 5) is 13.1. The molecule has 0 radical (unpaired) electrons. The van der Waals surface area contributed by atoms with Crippen molar-refractivity contribution >= 4 is 59.5 Å². The number of fused-ring (bicyclic) bond motifs is 1. The largest absolute Gasteiger partial charge is 0.488 e. The minimum atomic E-state index is -3.19. The summed E-state index contributed by atoms with van der Waals surface area (Å²) >= 11 is 4.82. The van der Waals surface area contributed by atoms with Gasteiger partial charge >= 0.3 is 0 Å². The van der Waals surface area contributed by atoms with Gasteiger partial charge < -0.3 is 14.8 Å². The molecule has 2 heterocycles. The van der Waals surface area contributed by atoms with Crippen molar-refractivity contribution in [3.8, 4) is 17.0 Å². The Kier molecular flexibility index (Phi) is 9.65. The summed E-state index contributed by atoms with van der Waals surface area (Å²) < 4.78 is 64.6. The summed E-state index contributed by atoms with van der Waals surface area (Å²) in [5.74, 6) is 0.170. The van der Waals surface area contributed by atoms with Gasteiger partial charge in [0.05, 0.1) is 39.9 Å². The van der Waals surface area contributed by atoms with E-state index in [-0.39, 0.29) is 37.0 Å². The van der Waals surface area contributed by atoms with Crippen LogP contribution in [-0.2, 0) is 27.8 Å². The number of aromatic nitrogens is 3. The first kappa shape index (κ1) is 30.9. The summed E-state index contributed by atoms with van der Waals surface area (Å²) in [5.41, 5.74) is 2.52. The second-order valence-electron chi connectivity index (χ2n) is 9.86. The molecule has 0 atom stereocenters. The van der Waals surface area contributed by atoms with Gasteiger partial charge in [-0.05, 0) is 71.7 Å². The molecule has 0 aliphatic carbocycles. The molecule has 1 N–H and O–H groups in total. The van der Waals surface area contributed by atoms with Crippen molar-refractivity contribution in [2.24, 2.45) is 0 Å². The standard InChI is InChI=1S/C30H27BrF2N4O4S2/c1-18(2)43(38,39)9-8-40-15-29-37-27(16-42-29)22-12-23-26(13-25(22)33)34-17-35-30(23)36-21-6-7-28(24(31)11-21)41-14-19-4-3-5-20(32)10-19/h3-7,10-13,16-18H,8-9,14-15H2,1-2H3,(H,34,35,36). The lowest BCUT2D eigenvalue weighted by atomic mass is 10.1. The summed E-state index contributed by atoms with van der Waals surface area (Å²) in [7, 11) is -3.19. The Hall–Kier alpha value is -3.52. The maximum Gasteiger partial charge on any atom is 0.154 e. The lowest BCUT2D eigenvalue weighted by molar-refractivity contribution is 0.135. The number of halogens is 3. The van der Waals surface area contributed by atoms with Crippen molar-refractivity contribution in [1.82, 2.24) is 15.0 Å². The fourth-order valence-corrected chi connectivity index (χ4v) is 6.11. The molecule has 0 aliphatic rings. The molecule has 8 nitrogen and oxygen atoms in total. The molecule has 0 amide bonds. The van der Waals surface area contributed by atoms with Gasteiger partial charge in [0, 0.05) is 28.1 Å². The maximum absolute atomic E-state index is 15.1. The first-order chi connectivity index (χ1) is 20.6. The van der Waals surface area contributed by atoms with Crippen LogP contribution in [0.5, 0.6) is 5.75 Å². The van der Waals surface area contributed by atoms with Gasteiger partial charge in [0.2, 0.25) is 0 Å². The van der Waals surface area contributed by atoms with E-state index in [1.165, 1.54) is 35.9 Å². The van der Waals surface area contributed by atoms with Crippen molar-refractivity contribution < 1.29 is 26.7 Å². The molecule has 5 rings (SSSR count). The number of benzene rings is 3. The Bertz CT molecular complexity index is 1870. The zero-order chi connectivity index (χ0) is 30.6. The van der Waals surface area contributed by atoms with Crippen molar-refractivity contribution in [2.75, 3.05) is 17.7 Å². The van der Waals surface area contributed by atoms with E-state index in [1.807, 2.05) is 12.1 Å². The van der Waals surface area contributed by atoms with Crippen molar-refractivity contribution in [2.45, 2.75) is 32.3 Å². The van der Waals surface area contributed by atoms with Crippen molar-refractivity contribution in [3.05, 3.63) is 93.0 Å². The monoisotopic (exact) mass is 688 g/mol. The van der Waals surface area contributed by atoms with Crippen LogP contribution in [0.2, 0.25) is 0 Å². The number of hydrogen-bond acceptors (Lipinski definition) is 9. The number of nitrogens with zero attached hydrogens (tertiary/aromatic N) is 3. The fourth-order valence-electron chi connectivity index (χ4n) is 4.06. The van der Waals surface area contributed by atoms with E-state index >= 15 is 4.39 Å². The Morgan fingerprint density at radius 3 is 2.65 bits per heavy atom. The quantitative estimate of drug-likeness (QED) is 0.135. The highest BCUT2D eigenvalue weighted by Crippen LogP contribution is 2.34. The summed E-state index contributed by atoms with van der Waals surface area (Å²) in [6.07, 6.45) is 1.35. The molecule has 3 aromatic carbocycles. The normalized spacial score (nSPS) is 11.8. The van der Waals surface area contributed by atoms with Crippen LogP contribution in [0.25, 0.3) is 22.2 Å². The van der Waals surface area contributed by atoms with E-state index in [0.717, 1.165) is 0 Å². The molecule has 0 spiro atoms. The molecule has 5 aromatic rings. The highest BCUT2D eigenvalue weighted by Gasteiger charge is 2.17. The lowest BCUT2D eigenvalue weighted by Gasteiger charge is -2.13. The first-order valence-electron chi connectivity index (χ1n) is 13.2. The number of anilines is 2. The number of sulfone groups is 1. The Labute approximate surface area is 260 Å². The van der Waals surface area contributed by atoms with E-state index in [9.17, 15) is 12.8 Å². The van der Waals surface area contributed by atoms with Gasteiger partial charge in [-0.15, -0.1) is 11.3 Å². The van der Waals surface area contributed by atoms with Crippen LogP contribution < -0.4 is 10.1 Å². The van der Waals surface area contributed by atoms with Crippen LogP contribution >= 0.6 is 27.3 Å². The molecular formula is C30H27BrF2N4O4S2. The van der Waals surface area contributed by atoms with Crippen molar-refractivity contribution in [1.29, 1.82) is 0 Å². The molecule has 2 aromatic heterocycles. The van der Waals surface area contributed by atoms with Gasteiger partial charge in [-0.3, -0.25) is 0 Å². The smallest absolute Gasteiger partial charge is 0.154 e. The third-order valence-corrected chi connectivity index (χ3v) is 10.1. The van der Waals surface area contributed by atoms with Crippen LogP contribution in [0.1, 0.15) is 24.4 Å². The minimum Gasteiger partial charge on any atom is -0.488 e. The SMILES string of the molecule is CC(C)S(=O)(=O)CCOCc1nc(-c2cc3c(Nc4ccc(OCc5cccc(F)c5)c(Br)c4)ncnc3cc2F)cs1. The van der Waals surface area contributed by atoms with E-state index in [4.69, 9.17) is 9.47 Å². The number of thiazole rings is 1. The average molecular weight is 690 g/mol. The zero-order valence-electron chi connectivity index (χ0n) is 23.2. The minimum absolute atomic E-state index is 0.0579. The summed E-state index contributed by atoms with van der Waals surface area (Å²) in [6.45, 7) is 3.66.